The first-order chi connectivity index (χ1) is 7.66. The molecule has 0 radical (unpaired) electrons. The van der Waals surface area contributed by atoms with Crippen LogP contribution in [0, 0.1) is 0 Å². The Kier molecular flexibility index (Phi) is 3.77. The molecule has 0 aliphatic heterocycles. The van der Waals surface area contributed by atoms with Crippen LogP contribution in [0.15, 0.2) is 28.0 Å². The predicted molar refractivity (Wildman–Crippen MR) is 57.2 cm³/mol. The molecule has 0 aromatic heterocycles. The SMILES string of the molecule is CCOc1cc(S(=O)(=O)O)ccc1S(=O)(=O)O. The van der Waals surface area contributed by atoms with Gasteiger partial charge in [0.1, 0.15) is 10.6 Å². The van der Waals surface area contributed by atoms with Crippen LogP contribution in [0.4, 0.5) is 0 Å². The van der Waals surface area contributed by atoms with Crippen molar-refractivity contribution in [2.75, 3.05) is 6.61 Å². The third-order valence-corrected chi connectivity index (χ3v) is 3.53. The van der Waals surface area contributed by atoms with Gasteiger partial charge in [0.05, 0.1) is 11.5 Å². The molecule has 0 spiro atoms. The molecule has 7 nitrogen and oxygen atoms in total. The zero-order valence-corrected chi connectivity index (χ0v) is 10.3. The Morgan fingerprint density at radius 2 is 1.71 bits per heavy atom. The van der Waals surface area contributed by atoms with Gasteiger partial charge in [-0.3, -0.25) is 9.11 Å². The van der Waals surface area contributed by atoms with Gasteiger partial charge in [0.15, 0.2) is 0 Å². The van der Waals surface area contributed by atoms with Gasteiger partial charge in [-0.2, -0.15) is 16.8 Å². The van der Waals surface area contributed by atoms with Gasteiger partial charge in [0.25, 0.3) is 20.2 Å². The van der Waals surface area contributed by atoms with Crippen LogP contribution in [-0.2, 0) is 20.2 Å². The summed E-state index contributed by atoms with van der Waals surface area (Å²) in [5, 5.41) is 0. The molecule has 1 aromatic carbocycles. The highest BCUT2D eigenvalue weighted by atomic mass is 32.2. The molecule has 0 unspecified atom stereocenters. The molecule has 1 aromatic rings. The van der Waals surface area contributed by atoms with E-state index in [1.54, 1.807) is 6.92 Å². The molecule has 0 atom stereocenters. The fraction of sp³-hybridized carbons (Fsp3) is 0.250. The van der Waals surface area contributed by atoms with E-state index in [9.17, 15) is 16.8 Å². The van der Waals surface area contributed by atoms with Crippen LogP contribution < -0.4 is 4.74 Å². The lowest BCUT2D eigenvalue weighted by Gasteiger charge is -2.08. The molecule has 0 aliphatic rings. The fourth-order valence-corrected chi connectivity index (χ4v) is 2.24. The minimum Gasteiger partial charge on any atom is -0.492 e. The lowest BCUT2D eigenvalue weighted by molar-refractivity contribution is 0.328. The van der Waals surface area contributed by atoms with E-state index < -0.39 is 30.0 Å². The Morgan fingerprint density at radius 1 is 1.12 bits per heavy atom. The van der Waals surface area contributed by atoms with Crippen LogP contribution in [0.2, 0.25) is 0 Å². The van der Waals surface area contributed by atoms with Gasteiger partial charge in [-0.1, -0.05) is 0 Å². The fourth-order valence-electron chi connectivity index (χ4n) is 1.13. The first-order valence-electron chi connectivity index (χ1n) is 4.38. The van der Waals surface area contributed by atoms with E-state index in [-0.39, 0.29) is 12.4 Å². The van der Waals surface area contributed by atoms with Crippen LogP contribution in [-0.4, -0.2) is 32.5 Å². The summed E-state index contributed by atoms with van der Waals surface area (Å²) in [6.07, 6.45) is 0. The average Bonchev–Trinajstić information content (AvgIpc) is 2.15. The van der Waals surface area contributed by atoms with E-state index in [2.05, 4.69) is 0 Å². The van der Waals surface area contributed by atoms with Gasteiger partial charge >= 0.3 is 0 Å². The molecule has 9 heteroatoms. The Balaban J connectivity index is 3.48. The average molecular weight is 282 g/mol. The monoisotopic (exact) mass is 282 g/mol. The van der Waals surface area contributed by atoms with E-state index in [0.29, 0.717) is 0 Å². The molecular weight excluding hydrogens is 272 g/mol. The molecule has 0 fully saturated rings. The second kappa shape index (κ2) is 4.61. The molecule has 0 bridgehead atoms. The molecule has 2 N–H and O–H groups in total. The lowest BCUT2D eigenvalue weighted by Crippen LogP contribution is -2.06. The highest BCUT2D eigenvalue weighted by molar-refractivity contribution is 7.86. The van der Waals surface area contributed by atoms with Gasteiger partial charge in [-0.05, 0) is 19.1 Å². The van der Waals surface area contributed by atoms with Crippen LogP contribution in [0.1, 0.15) is 6.92 Å². The topological polar surface area (TPSA) is 118 Å². The lowest BCUT2D eigenvalue weighted by atomic mass is 10.3. The van der Waals surface area contributed by atoms with Gasteiger partial charge in [-0.25, -0.2) is 0 Å². The summed E-state index contributed by atoms with van der Waals surface area (Å²) in [6.45, 7) is 1.62. The summed E-state index contributed by atoms with van der Waals surface area (Å²) in [6, 6.07) is 2.51. The number of rotatable bonds is 4. The zero-order chi connectivity index (χ0) is 13.3. The van der Waals surface area contributed by atoms with Crippen molar-refractivity contribution in [2.24, 2.45) is 0 Å². The normalized spacial score (nSPS) is 12.4. The Morgan fingerprint density at radius 3 is 2.12 bits per heavy atom. The summed E-state index contributed by atoms with van der Waals surface area (Å²) in [5.74, 6) is -0.342. The number of benzene rings is 1. The van der Waals surface area contributed by atoms with Crippen molar-refractivity contribution < 1.29 is 30.7 Å². The standard InChI is InChI=1S/C8H10O7S2/c1-2-15-7-5-6(16(9,10)11)3-4-8(7)17(12,13)14/h3-5H,2H2,1H3,(H,9,10,11)(H,12,13,14). The minimum absolute atomic E-state index is 0.0669. The van der Waals surface area contributed by atoms with Crippen LogP contribution in [0.5, 0.6) is 5.75 Å². The predicted octanol–water partition coefficient (Wildman–Crippen LogP) is 0.579. The minimum atomic E-state index is -4.52. The van der Waals surface area contributed by atoms with E-state index in [1.807, 2.05) is 0 Å². The molecule has 0 amide bonds. The molecule has 0 saturated heterocycles. The summed E-state index contributed by atoms with van der Waals surface area (Å²) < 4.78 is 66.1. The molecule has 1 rings (SSSR count). The van der Waals surface area contributed by atoms with Crippen molar-refractivity contribution in [1.82, 2.24) is 0 Å². The van der Waals surface area contributed by atoms with Crippen molar-refractivity contribution in [3.8, 4) is 5.75 Å². The van der Waals surface area contributed by atoms with Crippen molar-refractivity contribution in [3.63, 3.8) is 0 Å². The zero-order valence-electron chi connectivity index (χ0n) is 8.69. The van der Waals surface area contributed by atoms with E-state index in [4.69, 9.17) is 13.8 Å². The molecule has 96 valence electrons. The molecule has 0 heterocycles. The van der Waals surface area contributed by atoms with Crippen molar-refractivity contribution in [3.05, 3.63) is 18.2 Å². The summed E-state index contributed by atoms with van der Waals surface area (Å²) >= 11 is 0. The summed E-state index contributed by atoms with van der Waals surface area (Å²) in [7, 11) is -8.98. The van der Waals surface area contributed by atoms with Crippen molar-refractivity contribution >= 4 is 20.2 Å². The first-order valence-corrected chi connectivity index (χ1v) is 7.26. The maximum Gasteiger partial charge on any atom is 0.298 e. The van der Waals surface area contributed by atoms with E-state index in [1.165, 1.54) is 0 Å². The van der Waals surface area contributed by atoms with E-state index in [0.717, 1.165) is 18.2 Å². The third-order valence-electron chi connectivity index (χ3n) is 1.79. The molecular formula is C8H10O7S2. The van der Waals surface area contributed by atoms with Crippen LogP contribution in [0.3, 0.4) is 0 Å². The first kappa shape index (κ1) is 13.9. The Bertz CT molecular complexity index is 615. The van der Waals surface area contributed by atoms with Gasteiger partial charge < -0.3 is 4.74 Å². The summed E-state index contributed by atoms with van der Waals surface area (Å²) in [5.41, 5.74) is 0. The van der Waals surface area contributed by atoms with Gasteiger partial charge in [0, 0.05) is 6.07 Å². The maximum absolute atomic E-state index is 11.0. The van der Waals surface area contributed by atoms with Gasteiger partial charge in [0.2, 0.25) is 0 Å². The van der Waals surface area contributed by atoms with Gasteiger partial charge in [-0.15, -0.1) is 0 Å². The smallest absolute Gasteiger partial charge is 0.298 e. The Hall–Kier alpha value is -1.16. The maximum atomic E-state index is 11.0. The van der Waals surface area contributed by atoms with Crippen LogP contribution in [0.25, 0.3) is 0 Å². The second-order valence-corrected chi connectivity index (χ2v) is 5.80. The van der Waals surface area contributed by atoms with Crippen LogP contribution >= 0.6 is 0 Å². The highest BCUT2D eigenvalue weighted by Crippen LogP contribution is 2.26. The highest BCUT2D eigenvalue weighted by Gasteiger charge is 2.20. The Labute approximate surface area is 98.5 Å². The molecule has 17 heavy (non-hydrogen) atoms. The molecule has 0 saturated carbocycles. The largest absolute Gasteiger partial charge is 0.492 e. The number of ether oxygens (including phenoxy) is 1. The second-order valence-electron chi connectivity index (χ2n) is 2.99. The number of hydrogen-bond acceptors (Lipinski definition) is 5. The van der Waals surface area contributed by atoms with Crippen molar-refractivity contribution in [1.29, 1.82) is 0 Å². The van der Waals surface area contributed by atoms with Crippen molar-refractivity contribution in [2.45, 2.75) is 16.7 Å². The quantitative estimate of drug-likeness (QED) is 0.775. The number of hydrogen-bond donors (Lipinski definition) is 2. The molecule has 0 aliphatic carbocycles. The summed E-state index contributed by atoms with van der Waals surface area (Å²) in [4.78, 5) is -1.08. The third kappa shape index (κ3) is 3.40. The van der Waals surface area contributed by atoms with E-state index >= 15 is 0 Å².